The molecule has 0 aliphatic heterocycles. The van der Waals surface area contributed by atoms with Crippen LogP contribution in [-0.2, 0) is 4.79 Å². The van der Waals surface area contributed by atoms with Crippen LogP contribution in [0.1, 0.15) is 10.4 Å². The van der Waals surface area contributed by atoms with Gasteiger partial charge in [0.1, 0.15) is 5.75 Å². The first-order chi connectivity index (χ1) is 8.52. The second-order valence-corrected chi connectivity index (χ2v) is 3.65. The van der Waals surface area contributed by atoms with Gasteiger partial charge in [0.15, 0.2) is 6.04 Å². The Balaban J connectivity index is 3.02. The molecule has 98 valence electrons. The number of carbonyl (C=O) groups is 2. The van der Waals surface area contributed by atoms with E-state index in [1.54, 1.807) is 18.2 Å². The van der Waals surface area contributed by atoms with Gasteiger partial charge in [0.05, 0.1) is 19.3 Å². The summed E-state index contributed by atoms with van der Waals surface area (Å²) in [6, 6.07) is 5.22. The molecule has 0 spiro atoms. The van der Waals surface area contributed by atoms with E-state index >= 15 is 0 Å². The first-order valence-corrected chi connectivity index (χ1v) is 5.26. The summed E-state index contributed by atoms with van der Waals surface area (Å²) < 4.78 is 5.03. The zero-order chi connectivity index (χ0) is 13.7. The van der Waals surface area contributed by atoms with Gasteiger partial charge < -0.3 is 19.8 Å². The van der Waals surface area contributed by atoms with Crippen molar-refractivity contribution in [3.63, 3.8) is 0 Å². The lowest BCUT2D eigenvalue weighted by Crippen LogP contribution is -2.44. The SMILES string of the molecule is COc1ccccc1C(=O)N(C)C(CO)C(=O)O. The summed E-state index contributed by atoms with van der Waals surface area (Å²) in [6.07, 6.45) is 0. The van der Waals surface area contributed by atoms with Gasteiger partial charge in [-0.2, -0.15) is 0 Å². The standard InChI is InChI=1S/C12H15NO5/c1-13(9(7-14)12(16)17)11(15)8-5-3-4-6-10(8)18-2/h3-6,9,14H,7H2,1-2H3,(H,16,17). The van der Waals surface area contributed by atoms with E-state index in [2.05, 4.69) is 0 Å². The predicted octanol–water partition coefficient (Wildman–Crippen LogP) is 0.213. The number of hydrogen-bond acceptors (Lipinski definition) is 4. The largest absolute Gasteiger partial charge is 0.496 e. The van der Waals surface area contributed by atoms with E-state index in [-0.39, 0.29) is 5.56 Å². The van der Waals surface area contributed by atoms with Crippen LogP contribution in [0, 0.1) is 0 Å². The molecule has 1 aromatic rings. The van der Waals surface area contributed by atoms with Crippen molar-refractivity contribution in [3.8, 4) is 5.75 Å². The molecule has 0 saturated heterocycles. The van der Waals surface area contributed by atoms with Gasteiger partial charge in [-0.1, -0.05) is 12.1 Å². The van der Waals surface area contributed by atoms with Crippen LogP contribution >= 0.6 is 0 Å². The number of nitrogens with zero attached hydrogens (tertiary/aromatic N) is 1. The fourth-order valence-electron chi connectivity index (χ4n) is 1.52. The van der Waals surface area contributed by atoms with Gasteiger partial charge in [-0.3, -0.25) is 4.79 Å². The van der Waals surface area contributed by atoms with Gasteiger partial charge in [0.2, 0.25) is 0 Å². The number of benzene rings is 1. The maximum absolute atomic E-state index is 12.1. The Morgan fingerprint density at radius 3 is 2.50 bits per heavy atom. The number of methoxy groups -OCH3 is 1. The topological polar surface area (TPSA) is 87.1 Å². The van der Waals surface area contributed by atoms with Crippen LogP contribution in [0.15, 0.2) is 24.3 Å². The van der Waals surface area contributed by atoms with E-state index in [0.29, 0.717) is 5.75 Å². The lowest BCUT2D eigenvalue weighted by Gasteiger charge is -2.23. The number of ether oxygens (including phenoxy) is 1. The molecule has 0 bridgehead atoms. The number of aliphatic hydroxyl groups is 1. The third-order valence-corrected chi connectivity index (χ3v) is 2.58. The van der Waals surface area contributed by atoms with Crippen molar-refractivity contribution in [1.82, 2.24) is 4.90 Å². The van der Waals surface area contributed by atoms with Crippen LogP contribution < -0.4 is 4.74 Å². The van der Waals surface area contributed by atoms with Crippen LogP contribution in [0.3, 0.4) is 0 Å². The number of rotatable bonds is 5. The highest BCUT2D eigenvalue weighted by molar-refractivity contribution is 5.98. The average Bonchev–Trinajstić information content (AvgIpc) is 2.38. The minimum atomic E-state index is -1.28. The molecule has 18 heavy (non-hydrogen) atoms. The van der Waals surface area contributed by atoms with Crippen LogP contribution in [0.4, 0.5) is 0 Å². The van der Waals surface area contributed by atoms with Gasteiger partial charge in [0, 0.05) is 7.05 Å². The maximum atomic E-state index is 12.1. The summed E-state index contributed by atoms with van der Waals surface area (Å²) >= 11 is 0. The van der Waals surface area contributed by atoms with E-state index < -0.39 is 24.5 Å². The zero-order valence-electron chi connectivity index (χ0n) is 10.2. The number of aliphatic hydroxyl groups excluding tert-OH is 1. The van der Waals surface area contributed by atoms with Crippen molar-refractivity contribution < 1.29 is 24.5 Å². The second-order valence-electron chi connectivity index (χ2n) is 3.65. The molecule has 0 heterocycles. The highest BCUT2D eigenvalue weighted by atomic mass is 16.5. The Kier molecular flexibility index (Phi) is 4.67. The van der Waals surface area contributed by atoms with Crippen LogP contribution in [-0.4, -0.2) is 53.8 Å². The number of carbonyl (C=O) groups excluding carboxylic acids is 1. The third-order valence-electron chi connectivity index (χ3n) is 2.58. The van der Waals surface area contributed by atoms with Gasteiger partial charge in [-0.05, 0) is 12.1 Å². The van der Waals surface area contributed by atoms with Crippen molar-refractivity contribution in [2.24, 2.45) is 0 Å². The molecular formula is C12H15NO5. The minimum absolute atomic E-state index is 0.252. The molecule has 2 N–H and O–H groups in total. The van der Waals surface area contributed by atoms with E-state index in [0.717, 1.165) is 4.90 Å². The Morgan fingerprint density at radius 2 is 2.00 bits per heavy atom. The lowest BCUT2D eigenvalue weighted by molar-refractivity contribution is -0.143. The first-order valence-electron chi connectivity index (χ1n) is 5.26. The molecule has 0 radical (unpaired) electrons. The highest BCUT2D eigenvalue weighted by Crippen LogP contribution is 2.19. The van der Waals surface area contributed by atoms with Crippen LogP contribution in [0.25, 0.3) is 0 Å². The Bertz CT molecular complexity index is 446. The molecule has 0 fully saturated rings. The minimum Gasteiger partial charge on any atom is -0.496 e. The molecule has 6 nitrogen and oxygen atoms in total. The highest BCUT2D eigenvalue weighted by Gasteiger charge is 2.27. The van der Waals surface area contributed by atoms with Crippen LogP contribution in [0.2, 0.25) is 0 Å². The quantitative estimate of drug-likeness (QED) is 0.783. The molecule has 1 unspecified atom stereocenters. The molecule has 1 aromatic carbocycles. The monoisotopic (exact) mass is 253 g/mol. The normalized spacial score (nSPS) is 11.7. The second kappa shape index (κ2) is 6.02. The Morgan fingerprint density at radius 1 is 1.39 bits per heavy atom. The fraction of sp³-hybridized carbons (Fsp3) is 0.333. The summed E-state index contributed by atoms with van der Waals surface area (Å²) in [5.74, 6) is -1.42. The van der Waals surface area contributed by atoms with E-state index in [1.165, 1.54) is 20.2 Å². The van der Waals surface area contributed by atoms with Crippen molar-refractivity contribution in [2.75, 3.05) is 20.8 Å². The molecule has 0 saturated carbocycles. The molecule has 0 aromatic heterocycles. The number of para-hydroxylation sites is 1. The first kappa shape index (κ1) is 14.0. The number of hydrogen-bond donors (Lipinski definition) is 2. The maximum Gasteiger partial charge on any atom is 0.328 e. The van der Waals surface area contributed by atoms with Crippen LogP contribution in [0.5, 0.6) is 5.75 Å². The summed E-state index contributed by atoms with van der Waals surface area (Å²) in [5, 5.41) is 17.9. The van der Waals surface area contributed by atoms with Gasteiger partial charge in [0.25, 0.3) is 5.91 Å². The van der Waals surface area contributed by atoms with Gasteiger partial charge in [-0.25, -0.2) is 4.79 Å². The molecular weight excluding hydrogens is 238 g/mol. The molecule has 0 aliphatic carbocycles. The lowest BCUT2D eigenvalue weighted by atomic mass is 10.1. The van der Waals surface area contributed by atoms with Crippen molar-refractivity contribution in [3.05, 3.63) is 29.8 Å². The van der Waals surface area contributed by atoms with E-state index in [4.69, 9.17) is 14.9 Å². The molecule has 6 heteroatoms. The number of aliphatic carboxylic acids is 1. The number of likely N-dealkylation sites (N-methyl/N-ethyl adjacent to an activating group) is 1. The average molecular weight is 253 g/mol. The smallest absolute Gasteiger partial charge is 0.328 e. The van der Waals surface area contributed by atoms with Crippen molar-refractivity contribution in [1.29, 1.82) is 0 Å². The van der Waals surface area contributed by atoms with E-state index in [9.17, 15) is 9.59 Å². The summed E-state index contributed by atoms with van der Waals surface area (Å²) in [6.45, 7) is -0.646. The Labute approximate surface area is 104 Å². The van der Waals surface area contributed by atoms with E-state index in [1.807, 2.05) is 0 Å². The zero-order valence-corrected chi connectivity index (χ0v) is 10.2. The van der Waals surface area contributed by atoms with Crippen molar-refractivity contribution >= 4 is 11.9 Å². The van der Waals surface area contributed by atoms with Gasteiger partial charge in [-0.15, -0.1) is 0 Å². The fourth-order valence-corrected chi connectivity index (χ4v) is 1.52. The number of carboxylic acid groups (broad SMARTS) is 1. The molecule has 1 rings (SSSR count). The summed E-state index contributed by atoms with van der Waals surface area (Å²) in [7, 11) is 2.75. The third kappa shape index (κ3) is 2.78. The summed E-state index contributed by atoms with van der Waals surface area (Å²) in [4.78, 5) is 24.0. The number of amides is 1. The van der Waals surface area contributed by atoms with Gasteiger partial charge >= 0.3 is 5.97 Å². The molecule has 1 amide bonds. The van der Waals surface area contributed by atoms with Crippen molar-refractivity contribution in [2.45, 2.75) is 6.04 Å². The molecule has 0 aliphatic rings. The number of carboxylic acids is 1. The Hall–Kier alpha value is -2.08. The summed E-state index contributed by atoms with van der Waals surface area (Å²) in [5.41, 5.74) is 0.252. The molecule has 1 atom stereocenters. The predicted molar refractivity (Wildman–Crippen MR) is 63.6 cm³/mol.